The number of rotatable bonds is 5. The quantitative estimate of drug-likeness (QED) is 0.711. The molecule has 0 bridgehead atoms. The van der Waals surface area contributed by atoms with E-state index in [-0.39, 0.29) is 24.0 Å². The Hall–Kier alpha value is -3.60. The van der Waals surface area contributed by atoms with Crippen LogP contribution in [-0.4, -0.2) is 67.5 Å². The number of amides is 4. The lowest BCUT2D eigenvalue weighted by Crippen LogP contribution is -2.46. The van der Waals surface area contributed by atoms with Crippen molar-refractivity contribution in [2.45, 2.75) is 6.18 Å². The Morgan fingerprint density at radius 2 is 1.45 bits per heavy atom. The van der Waals surface area contributed by atoms with Crippen molar-refractivity contribution < 1.29 is 32.3 Å². The first-order valence-corrected chi connectivity index (χ1v) is 10.1. The molecule has 1 aliphatic heterocycles. The number of likely N-dealkylation sites (N-methyl/N-ethyl adjacent to an activating group) is 1. The molecule has 0 spiro atoms. The SMILES string of the molecule is CN(CC(=O)N1CCOCC1)C(=O)c1ccc(NC(=O)Nc2ccc(C(F)(F)F)cc2)cc1. The van der Waals surface area contributed by atoms with Gasteiger partial charge in [-0.3, -0.25) is 9.59 Å². The number of hydrogen-bond acceptors (Lipinski definition) is 4. The number of anilines is 2. The Morgan fingerprint density at radius 3 is 1.97 bits per heavy atom. The Balaban J connectivity index is 1.52. The summed E-state index contributed by atoms with van der Waals surface area (Å²) in [6.07, 6.45) is -4.45. The number of carbonyl (C=O) groups is 3. The standard InChI is InChI=1S/C22H23F3N4O4/c1-28(14-19(30)29-10-12-33-13-11-29)20(31)15-2-6-17(7-3-15)26-21(32)27-18-8-4-16(5-9-18)22(23,24)25/h2-9H,10-14H2,1H3,(H2,26,27,32). The summed E-state index contributed by atoms with van der Waals surface area (Å²) in [5, 5.41) is 4.97. The van der Waals surface area contributed by atoms with Gasteiger partial charge in [0.2, 0.25) is 5.91 Å². The molecule has 176 valence electrons. The second-order valence-corrected chi connectivity index (χ2v) is 7.39. The van der Waals surface area contributed by atoms with Crippen LogP contribution in [0.15, 0.2) is 48.5 Å². The fourth-order valence-electron chi connectivity index (χ4n) is 3.14. The number of alkyl halides is 3. The second kappa shape index (κ2) is 10.3. The molecule has 0 unspecified atom stereocenters. The summed E-state index contributed by atoms with van der Waals surface area (Å²) < 4.78 is 43.0. The number of nitrogens with zero attached hydrogens (tertiary/aromatic N) is 2. The Bertz CT molecular complexity index is 988. The smallest absolute Gasteiger partial charge is 0.378 e. The average molecular weight is 464 g/mol. The molecule has 11 heteroatoms. The molecule has 3 rings (SSSR count). The van der Waals surface area contributed by atoms with Crippen molar-refractivity contribution in [2.75, 3.05) is 50.5 Å². The molecule has 0 saturated carbocycles. The van der Waals surface area contributed by atoms with E-state index in [1.807, 2.05) is 0 Å². The van der Waals surface area contributed by atoms with Crippen molar-refractivity contribution >= 4 is 29.2 Å². The molecular formula is C22H23F3N4O4. The molecule has 0 aliphatic carbocycles. The molecule has 4 amide bonds. The van der Waals surface area contributed by atoms with Crippen LogP contribution in [0.1, 0.15) is 15.9 Å². The molecule has 1 fully saturated rings. The lowest BCUT2D eigenvalue weighted by Gasteiger charge is -2.28. The molecule has 1 aliphatic rings. The first kappa shape index (κ1) is 24.1. The van der Waals surface area contributed by atoms with Crippen molar-refractivity contribution in [1.82, 2.24) is 9.80 Å². The molecule has 33 heavy (non-hydrogen) atoms. The Kier molecular flexibility index (Phi) is 7.54. The first-order valence-electron chi connectivity index (χ1n) is 10.1. The third-order valence-electron chi connectivity index (χ3n) is 4.94. The molecule has 1 heterocycles. The van der Waals surface area contributed by atoms with E-state index in [0.717, 1.165) is 24.3 Å². The maximum absolute atomic E-state index is 12.6. The van der Waals surface area contributed by atoms with E-state index in [1.165, 1.54) is 36.2 Å². The maximum atomic E-state index is 12.6. The molecule has 2 aromatic rings. The Labute approximate surface area is 188 Å². The van der Waals surface area contributed by atoms with Crippen LogP contribution < -0.4 is 10.6 Å². The van der Waals surface area contributed by atoms with Crippen LogP contribution in [0, 0.1) is 0 Å². The summed E-state index contributed by atoms with van der Waals surface area (Å²) in [6, 6.07) is 9.43. The average Bonchev–Trinajstić information content (AvgIpc) is 2.79. The van der Waals surface area contributed by atoms with E-state index in [4.69, 9.17) is 4.74 Å². The number of carbonyl (C=O) groups excluding carboxylic acids is 3. The molecule has 2 aromatic carbocycles. The highest BCUT2D eigenvalue weighted by Crippen LogP contribution is 2.29. The van der Waals surface area contributed by atoms with Crippen molar-refractivity contribution in [2.24, 2.45) is 0 Å². The summed E-state index contributed by atoms with van der Waals surface area (Å²) in [5.74, 6) is -0.510. The van der Waals surface area contributed by atoms with E-state index >= 15 is 0 Å². The van der Waals surface area contributed by atoms with Gasteiger partial charge in [-0.2, -0.15) is 13.2 Å². The van der Waals surface area contributed by atoms with Gasteiger partial charge < -0.3 is 25.2 Å². The van der Waals surface area contributed by atoms with E-state index in [9.17, 15) is 27.6 Å². The summed E-state index contributed by atoms with van der Waals surface area (Å²) in [6.45, 7) is 1.88. The zero-order valence-corrected chi connectivity index (χ0v) is 17.8. The van der Waals surface area contributed by atoms with Gasteiger partial charge in [-0.25, -0.2) is 4.79 Å². The molecule has 8 nitrogen and oxygen atoms in total. The molecule has 0 radical (unpaired) electrons. The number of hydrogen-bond donors (Lipinski definition) is 2. The summed E-state index contributed by atoms with van der Waals surface area (Å²) in [4.78, 5) is 39.9. The van der Waals surface area contributed by atoms with Gasteiger partial charge in [0.05, 0.1) is 25.3 Å². The van der Waals surface area contributed by atoms with E-state index in [2.05, 4.69) is 10.6 Å². The van der Waals surface area contributed by atoms with Gasteiger partial charge >= 0.3 is 12.2 Å². The van der Waals surface area contributed by atoms with Crippen LogP contribution in [0.5, 0.6) is 0 Å². The van der Waals surface area contributed by atoms with Crippen LogP contribution in [0.4, 0.5) is 29.3 Å². The van der Waals surface area contributed by atoms with Gasteiger partial charge in [-0.15, -0.1) is 0 Å². The van der Waals surface area contributed by atoms with E-state index in [0.29, 0.717) is 37.6 Å². The van der Waals surface area contributed by atoms with Gasteiger partial charge in [0.25, 0.3) is 5.91 Å². The van der Waals surface area contributed by atoms with Crippen molar-refractivity contribution in [3.63, 3.8) is 0 Å². The summed E-state index contributed by atoms with van der Waals surface area (Å²) in [7, 11) is 1.53. The summed E-state index contributed by atoms with van der Waals surface area (Å²) in [5.41, 5.74) is 0.0909. The predicted octanol–water partition coefficient (Wildman–Crippen LogP) is 3.28. The zero-order chi connectivity index (χ0) is 24.0. The van der Waals surface area contributed by atoms with Crippen molar-refractivity contribution in [3.05, 3.63) is 59.7 Å². The lowest BCUT2D eigenvalue weighted by molar-refractivity contribution is -0.137. The van der Waals surface area contributed by atoms with E-state index in [1.54, 1.807) is 4.90 Å². The largest absolute Gasteiger partial charge is 0.416 e. The topological polar surface area (TPSA) is 91.0 Å². The van der Waals surface area contributed by atoms with Crippen LogP contribution in [0.25, 0.3) is 0 Å². The highest BCUT2D eigenvalue weighted by Gasteiger charge is 2.30. The zero-order valence-electron chi connectivity index (χ0n) is 17.8. The molecule has 0 aromatic heterocycles. The molecule has 0 atom stereocenters. The molecular weight excluding hydrogens is 441 g/mol. The number of halogens is 3. The van der Waals surface area contributed by atoms with Crippen LogP contribution in [-0.2, 0) is 15.7 Å². The van der Waals surface area contributed by atoms with Crippen molar-refractivity contribution in [1.29, 1.82) is 0 Å². The van der Waals surface area contributed by atoms with Gasteiger partial charge in [0.1, 0.15) is 0 Å². The Morgan fingerprint density at radius 1 is 0.939 bits per heavy atom. The molecule has 2 N–H and O–H groups in total. The van der Waals surface area contributed by atoms with Crippen LogP contribution in [0.2, 0.25) is 0 Å². The highest BCUT2D eigenvalue weighted by molar-refractivity contribution is 6.00. The van der Waals surface area contributed by atoms with Gasteiger partial charge in [-0.05, 0) is 48.5 Å². The highest BCUT2D eigenvalue weighted by atomic mass is 19.4. The third-order valence-corrected chi connectivity index (χ3v) is 4.94. The number of urea groups is 1. The second-order valence-electron chi connectivity index (χ2n) is 7.39. The third kappa shape index (κ3) is 6.69. The van der Waals surface area contributed by atoms with Crippen LogP contribution >= 0.6 is 0 Å². The normalized spacial score (nSPS) is 13.9. The summed E-state index contributed by atoms with van der Waals surface area (Å²) >= 11 is 0. The maximum Gasteiger partial charge on any atom is 0.416 e. The monoisotopic (exact) mass is 464 g/mol. The van der Waals surface area contributed by atoms with Crippen LogP contribution in [0.3, 0.4) is 0 Å². The predicted molar refractivity (Wildman–Crippen MR) is 115 cm³/mol. The number of nitrogens with one attached hydrogen (secondary N) is 2. The minimum Gasteiger partial charge on any atom is -0.378 e. The fourth-order valence-corrected chi connectivity index (χ4v) is 3.14. The van der Waals surface area contributed by atoms with Gasteiger partial charge in [-0.1, -0.05) is 0 Å². The molecule has 1 saturated heterocycles. The van der Waals surface area contributed by atoms with E-state index < -0.39 is 17.8 Å². The number of morpholine rings is 1. The number of benzene rings is 2. The number of ether oxygens (including phenoxy) is 1. The minimum atomic E-state index is -4.45. The lowest BCUT2D eigenvalue weighted by atomic mass is 10.2. The fraction of sp³-hybridized carbons (Fsp3) is 0.318. The van der Waals surface area contributed by atoms with Gasteiger partial charge in [0.15, 0.2) is 0 Å². The van der Waals surface area contributed by atoms with Gasteiger partial charge in [0, 0.05) is 37.1 Å². The first-order chi connectivity index (χ1) is 15.6. The van der Waals surface area contributed by atoms with Crippen molar-refractivity contribution in [3.8, 4) is 0 Å². The minimum absolute atomic E-state index is 0.0611.